The van der Waals surface area contributed by atoms with Crippen LogP contribution in [0.15, 0.2) is 0 Å². The lowest BCUT2D eigenvalue weighted by atomic mass is 9.97. The summed E-state index contributed by atoms with van der Waals surface area (Å²) in [5, 5.41) is 45.2. The van der Waals surface area contributed by atoms with E-state index in [2.05, 4.69) is 0 Å². The number of nitrogens with two attached hydrogens (primary N) is 1. The number of aliphatic hydroxyl groups is 5. The van der Waals surface area contributed by atoms with E-state index in [1.54, 1.807) is 0 Å². The molecule has 0 aliphatic carbocycles. The van der Waals surface area contributed by atoms with E-state index in [9.17, 15) is 24.9 Å². The summed E-state index contributed by atoms with van der Waals surface area (Å²) in [5.41, 5.74) is 5.14. The Morgan fingerprint density at radius 1 is 1.12 bits per heavy atom. The Morgan fingerprint density at radius 2 is 1.59 bits per heavy atom. The largest absolute Gasteiger partial charge is 0.394 e. The van der Waals surface area contributed by atoms with Crippen LogP contribution in [-0.4, -0.2) is 74.2 Å². The van der Waals surface area contributed by atoms with Gasteiger partial charge in [-0.05, 0) is 6.92 Å². The van der Waals surface area contributed by atoms with Crippen molar-refractivity contribution < 1.29 is 35.1 Å². The van der Waals surface area contributed by atoms with Gasteiger partial charge < -0.3 is 31.3 Å². The SMILES string of the molecule is C[C@H](N)C(=O)C(O)C(=O)[C@@H](O)[C@H](O)[C@H](O)CO. The number of ketones is 2. The van der Waals surface area contributed by atoms with E-state index in [-0.39, 0.29) is 0 Å². The van der Waals surface area contributed by atoms with Crippen molar-refractivity contribution in [1.29, 1.82) is 0 Å². The highest BCUT2D eigenvalue weighted by Crippen LogP contribution is 2.05. The average molecular weight is 251 g/mol. The maximum atomic E-state index is 11.3. The fourth-order valence-electron chi connectivity index (χ4n) is 1.04. The molecule has 0 saturated heterocycles. The molecule has 0 bridgehead atoms. The zero-order valence-corrected chi connectivity index (χ0v) is 9.22. The molecule has 0 aromatic rings. The molecular weight excluding hydrogens is 234 g/mol. The van der Waals surface area contributed by atoms with Crippen molar-refractivity contribution in [3.05, 3.63) is 0 Å². The summed E-state index contributed by atoms with van der Waals surface area (Å²) in [6.07, 6.45) is -8.12. The molecule has 0 aliphatic heterocycles. The van der Waals surface area contributed by atoms with E-state index in [0.717, 1.165) is 0 Å². The summed E-state index contributed by atoms with van der Waals surface area (Å²) in [6, 6.07) is -1.11. The average Bonchev–Trinajstić information content (AvgIpc) is 2.32. The number of hydrogen-bond acceptors (Lipinski definition) is 8. The molecule has 1 unspecified atom stereocenters. The van der Waals surface area contributed by atoms with Gasteiger partial charge in [0.15, 0.2) is 17.7 Å². The van der Waals surface area contributed by atoms with Crippen molar-refractivity contribution in [3.63, 3.8) is 0 Å². The molecule has 17 heavy (non-hydrogen) atoms. The highest BCUT2D eigenvalue weighted by molar-refractivity contribution is 6.08. The van der Waals surface area contributed by atoms with Crippen LogP contribution in [0.4, 0.5) is 0 Å². The van der Waals surface area contributed by atoms with Crippen molar-refractivity contribution in [2.24, 2.45) is 5.73 Å². The van der Waals surface area contributed by atoms with Crippen LogP contribution in [-0.2, 0) is 9.59 Å². The molecule has 0 rings (SSSR count). The molecule has 0 heterocycles. The fourth-order valence-corrected chi connectivity index (χ4v) is 1.04. The molecule has 0 saturated carbocycles. The standard InChI is InChI=1S/C9H17NO7/c1-3(10)5(13)7(15)9(17)8(16)6(14)4(12)2-11/h3-4,6-8,11-12,14-16H,2,10H2,1H3/t3-,4+,6+,7?,8-/m0/s1. The molecule has 0 aromatic carbocycles. The molecule has 8 heteroatoms. The Kier molecular flexibility index (Phi) is 6.39. The van der Waals surface area contributed by atoms with Gasteiger partial charge in [-0.25, -0.2) is 0 Å². The Balaban J connectivity index is 4.65. The first-order valence-corrected chi connectivity index (χ1v) is 4.90. The number of carbonyl (C=O) groups excluding carboxylic acids is 2. The van der Waals surface area contributed by atoms with Crippen LogP contribution in [0.1, 0.15) is 6.92 Å². The summed E-state index contributed by atoms with van der Waals surface area (Å²) in [5.74, 6) is -2.40. The van der Waals surface area contributed by atoms with Crippen molar-refractivity contribution in [2.75, 3.05) is 6.61 Å². The normalized spacial score (nSPS) is 20.2. The number of rotatable bonds is 7. The Bertz CT molecular complexity index is 281. The second kappa shape index (κ2) is 6.74. The third-order valence-corrected chi connectivity index (χ3v) is 2.18. The monoisotopic (exact) mass is 251 g/mol. The van der Waals surface area contributed by atoms with Gasteiger partial charge in [-0.1, -0.05) is 0 Å². The lowest BCUT2D eigenvalue weighted by Crippen LogP contribution is -2.51. The van der Waals surface area contributed by atoms with Gasteiger partial charge in [0.2, 0.25) is 0 Å². The van der Waals surface area contributed by atoms with Gasteiger partial charge in [-0.2, -0.15) is 0 Å². The Labute approximate surface area is 97.3 Å². The zero-order valence-electron chi connectivity index (χ0n) is 9.22. The van der Waals surface area contributed by atoms with E-state index >= 15 is 0 Å². The third kappa shape index (κ3) is 4.11. The fraction of sp³-hybridized carbons (Fsp3) is 0.778. The summed E-state index contributed by atoms with van der Waals surface area (Å²) in [6.45, 7) is 0.354. The first kappa shape index (κ1) is 16.1. The molecule has 0 aromatic heterocycles. The van der Waals surface area contributed by atoms with Crippen LogP contribution >= 0.6 is 0 Å². The van der Waals surface area contributed by atoms with Gasteiger partial charge in [-0.3, -0.25) is 9.59 Å². The third-order valence-electron chi connectivity index (χ3n) is 2.18. The molecule has 0 amide bonds. The van der Waals surface area contributed by atoms with Gasteiger partial charge in [0.25, 0.3) is 0 Å². The molecule has 0 fully saturated rings. The van der Waals surface area contributed by atoms with Crippen LogP contribution in [0.5, 0.6) is 0 Å². The van der Waals surface area contributed by atoms with Gasteiger partial charge in [-0.15, -0.1) is 0 Å². The zero-order chi connectivity index (χ0) is 13.7. The van der Waals surface area contributed by atoms with Crippen molar-refractivity contribution in [2.45, 2.75) is 37.4 Å². The number of Topliss-reactive ketones (excluding diaryl/α,β-unsaturated/α-hetero) is 2. The first-order valence-electron chi connectivity index (χ1n) is 4.90. The summed E-state index contributed by atoms with van der Waals surface area (Å²) in [4.78, 5) is 22.5. The van der Waals surface area contributed by atoms with E-state index < -0.39 is 48.6 Å². The first-order chi connectivity index (χ1) is 7.73. The smallest absolute Gasteiger partial charge is 0.200 e. The highest BCUT2D eigenvalue weighted by atomic mass is 16.4. The number of aliphatic hydroxyl groups excluding tert-OH is 5. The molecule has 100 valence electrons. The molecule has 0 aliphatic rings. The predicted octanol–water partition coefficient (Wildman–Crippen LogP) is -4.09. The van der Waals surface area contributed by atoms with Crippen molar-refractivity contribution in [1.82, 2.24) is 0 Å². The topological polar surface area (TPSA) is 161 Å². The quantitative estimate of drug-likeness (QED) is 0.249. The molecule has 0 spiro atoms. The highest BCUT2D eigenvalue weighted by Gasteiger charge is 2.37. The van der Waals surface area contributed by atoms with Crippen LogP contribution < -0.4 is 5.73 Å². The molecular formula is C9H17NO7. The maximum Gasteiger partial charge on any atom is 0.200 e. The van der Waals surface area contributed by atoms with E-state index in [1.807, 2.05) is 0 Å². The van der Waals surface area contributed by atoms with Crippen LogP contribution in [0.2, 0.25) is 0 Å². The molecule has 5 atom stereocenters. The summed E-state index contributed by atoms with van der Waals surface area (Å²) >= 11 is 0. The lowest BCUT2D eigenvalue weighted by molar-refractivity contribution is -0.153. The van der Waals surface area contributed by atoms with E-state index in [1.165, 1.54) is 6.92 Å². The van der Waals surface area contributed by atoms with Crippen molar-refractivity contribution >= 4 is 11.6 Å². The van der Waals surface area contributed by atoms with Gasteiger partial charge in [0.1, 0.15) is 18.3 Å². The summed E-state index contributed by atoms with van der Waals surface area (Å²) < 4.78 is 0. The van der Waals surface area contributed by atoms with Gasteiger partial charge in [0.05, 0.1) is 12.6 Å². The van der Waals surface area contributed by atoms with Gasteiger partial charge in [0, 0.05) is 0 Å². The van der Waals surface area contributed by atoms with Crippen LogP contribution in [0, 0.1) is 0 Å². The second-order valence-electron chi connectivity index (χ2n) is 3.68. The number of carbonyl (C=O) groups is 2. The Morgan fingerprint density at radius 3 is 1.94 bits per heavy atom. The van der Waals surface area contributed by atoms with Crippen LogP contribution in [0.25, 0.3) is 0 Å². The van der Waals surface area contributed by atoms with E-state index in [0.29, 0.717) is 0 Å². The molecule has 0 radical (unpaired) electrons. The second-order valence-corrected chi connectivity index (χ2v) is 3.68. The minimum absolute atomic E-state index is 0.886. The molecule has 8 nitrogen and oxygen atoms in total. The Hall–Kier alpha value is -0.900. The lowest BCUT2D eigenvalue weighted by Gasteiger charge is -2.22. The maximum absolute atomic E-state index is 11.3. The minimum Gasteiger partial charge on any atom is -0.394 e. The number of hydrogen-bond donors (Lipinski definition) is 6. The van der Waals surface area contributed by atoms with E-state index in [4.69, 9.17) is 15.9 Å². The van der Waals surface area contributed by atoms with Gasteiger partial charge >= 0.3 is 0 Å². The minimum atomic E-state index is -2.19. The predicted molar refractivity (Wildman–Crippen MR) is 54.8 cm³/mol. The van der Waals surface area contributed by atoms with Crippen molar-refractivity contribution in [3.8, 4) is 0 Å². The summed E-state index contributed by atoms with van der Waals surface area (Å²) in [7, 11) is 0. The van der Waals surface area contributed by atoms with Crippen LogP contribution in [0.3, 0.4) is 0 Å². The molecule has 7 N–H and O–H groups in total.